The van der Waals surface area contributed by atoms with Crippen LogP contribution in [0, 0.1) is 5.82 Å². The van der Waals surface area contributed by atoms with Crippen LogP contribution in [0.2, 0.25) is 0 Å². The Labute approximate surface area is 90.5 Å². The van der Waals surface area contributed by atoms with Gasteiger partial charge in [0.25, 0.3) is 0 Å². The Bertz CT molecular complexity index is 528. The van der Waals surface area contributed by atoms with Gasteiger partial charge in [0.1, 0.15) is 11.6 Å². The smallest absolute Gasteiger partial charge is 0.147 e. The third kappa shape index (κ3) is 1.37. The van der Waals surface area contributed by atoms with E-state index in [-0.39, 0.29) is 5.82 Å². The number of fused-ring (bicyclic) bond motifs is 2. The molecule has 4 heteroatoms. The van der Waals surface area contributed by atoms with Crippen LogP contribution in [0.25, 0.3) is 0 Å². The molecule has 1 N–H and O–H groups in total. The lowest BCUT2D eigenvalue weighted by Gasteiger charge is -2.19. The minimum absolute atomic E-state index is 0.240. The molecule has 1 aromatic heterocycles. The fraction of sp³-hybridized carbons (Fsp3) is 0. The van der Waals surface area contributed by atoms with Crippen molar-refractivity contribution in [1.29, 1.82) is 0 Å². The van der Waals surface area contributed by atoms with Crippen LogP contribution in [-0.4, -0.2) is 4.98 Å². The monoisotopic (exact) mass is 218 g/mol. The van der Waals surface area contributed by atoms with Gasteiger partial charge in [0, 0.05) is 11.1 Å². The maximum atomic E-state index is 13.5. The van der Waals surface area contributed by atoms with Crippen LogP contribution < -0.4 is 5.32 Å². The summed E-state index contributed by atoms with van der Waals surface area (Å²) in [7, 11) is 0. The highest BCUT2D eigenvalue weighted by Crippen LogP contribution is 2.43. The van der Waals surface area contributed by atoms with Crippen LogP contribution in [0.1, 0.15) is 0 Å². The van der Waals surface area contributed by atoms with Crippen molar-refractivity contribution in [2.24, 2.45) is 0 Å². The molecule has 1 aromatic carbocycles. The second-order valence-corrected chi connectivity index (χ2v) is 4.27. The molecular weight excluding hydrogens is 211 g/mol. The molecule has 0 fully saturated rings. The molecule has 0 bridgehead atoms. The Morgan fingerprint density at radius 1 is 1.13 bits per heavy atom. The first-order valence-electron chi connectivity index (χ1n) is 4.53. The van der Waals surface area contributed by atoms with Crippen molar-refractivity contribution in [2.75, 3.05) is 5.32 Å². The summed E-state index contributed by atoms with van der Waals surface area (Å²) >= 11 is 1.53. The van der Waals surface area contributed by atoms with E-state index >= 15 is 0 Å². The molecule has 2 aromatic rings. The lowest BCUT2D eigenvalue weighted by Crippen LogP contribution is -2.03. The van der Waals surface area contributed by atoms with Gasteiger partial charge >= 0.3 is 0 Å². The minimum Gasteiger partial charge on any atom is -0.336 e. The fourth-order valence-corrected chi connectivity index (χ4v) is 2.50. The summed E-state index contributed by atoms with van der Waals surface area (Å²) in [6.45, 7) is 0. The summed E-state index contributed by atoms with van der Waals surface area (Å²) in [5.41, 5.74) is 0.522. The average Bonchev–Trinajstić information content (AvgIpc) is 2.27. The van der Waals surface area contributed by atoms with Crippen LogP contribution in [0.15, 0.2) is 46.3 Å². The van der Waals surface area contributed by atoms with E-state index in [9.17, 15) is 4.39 Å². The normalized spacial score (nSPS) is 12.6. The van der Waals surface area contributed by atoms with E-state index in [1.54, 1.807) is 12.3 Å². The first-order valence-corrected chi connectivity index (χ1v) is 5.34. The summed E-state index contributed by atoms with van der Waals surface area (Å²) in [6.07, 6.45) is 1.69. The number of nitrogens with zero attached hydrogens (tertiary/aromatic N) is 1. The van der Waals surface area contributed by atoms with Crippen LogP contribution in [0.4, 0.5) is 15.9 Å². The highest BCUT2D eigenvalue weighted by molar-refractivity contribution is 7.99. The highest BCUT2D eigenvalue weighted by atomic mass is 32.2. The number of hydrogen-bond acceptors (Lipinski definition) is 3. The average molecular weight is 218 g/mol. The molecule has 0 aliphatic carbocycles. The molecule has 2 nitrogen and oxygen atoms in total. The van der Waals surface area contributed by atoms with Gasteiger partial charge in [-0.25, -0.2) is 9.37 Å². The van der Waals surface area contributed by atoms with Crippen LogP contribution in [-0.2, 0) is 0 Å². The van der Waals surface area contributed by atoms with E-state index in [0.29, 0.717) is 5.69 Å². The number of nitrogens with one attached hydrogen (secondary N) is 1. The summed E-state index contributed by atoms with van der Waals surface area (Å²) in [4.78, 5) is 6.08. The second-order valence-electron chi connectivity index (χ2n) is 3.19. The molecule has 15 heavy (non-hydrogen) atoms. The molecule has 0 saturated carbocycles. The van der Waals surface area contributed by atoms with E-state index in [0.717, 1.165) is 15.6 Å². The molecule has 1 aliphatic rings. The number of anilines is 2. The van der Waals surface area contributed by atoms with E-state index < -0.39 is 0 Å². The lowest BCUT2D eigenvalue weighted by molar-refractivity contribution is 0.628. The van der Waals surface area contributed by atoms with Gasteiger partial charge in [0.2, 0.25) is 0 Å². The Balaban J connectivity index is 2.15. The van der Waals surface area contributed by atoms with Gasteiger partial charge in [-0.2, -0.15) is 0 Å². The quantitative estimate of drug-likeness (QED) is 0.625. The number of rotatable bonds is 0. The van der Waals surface area contributed by atoms with Gasteiger partial charge in [-0.05, 0) is 24.3 Å². The van der Waals surface area contributed by atoms with Gasteiger partial charge in [0.05, 0.1) is 10.6 Å². The molecule has 0 radical (unpaired) electrons. The number of benzene rings is 1. The van der Waals surface area contributed by atoms with Crippen molar-refractivity contribution >= 4 is 23.3 Å². The Kier molecular flexibility index (Phi) is 1.89. The number of aromatic nitrogens is 1. The molecule has 74 valence electrons. The Morgan fingerprint density at radius 2 is 2.00 bits per heavy atom. The maximum Gasteiger partial charge on any atom is 0.147 e. The largest absolute Gasteiger partial charge is 0.336 e. The summed E-state index contributed by atoms with van der Waals surface area (Å²) in [5, 5.41) is 3.00. The van der Waals surface area contributed by atoms with Gasteiger partial charge in [-0.15, -0.1) is 0 Å². The van der Waals surface area contributed by atoms with E-state index in [1.165, 1.54) is 17.8 Å². The van der Waals surface area contributed by atoms with Gasteiger partial charge in [0.15, 0.2) is 0 Å². The van der Waals surface area contributed by atoms with Crippen molar-refractivity contribution in [3.63, 3.8) is 0 Å². The molecule has 2 heterocycles. The molecule has 0 saturated heterocycles. The molecule has 1 aliphatic heterocycles. The minimum atomic E-state index is -0.240. The zero-order valence-corrected chi connectivity index (χ0v) is 8.51. The van der Waals surface area contributed by atoms with Gasteiger partial charge in [-0.3, -0.25) is 0 Å². The van der Waals surface area contributed by atoms with Crippen molar-refractivity contribution in [2.45, 2.75) is 9.79 Å². The van der Waals surface area contributed by atoms with Crippen molar-refractivity contribution in [1.82, 2.24) is 4.98 Å². The summed E-state index contributed by atoms with van der Waals surface area (Å²) in [5.74, 6) is 0.483. The third-order valence-corrected chi connectivity index (χ3v) is 3.32. The lowest BCUT2D eigenvalue weighted by atomic mass is 10.3. The van der Waals surface area contributed by atoms with Crippen LogP contribution >= 0.6 is 11.8 Å². The maximum absolute atomic E-state index is 13.5. The van der Waals surface area contributed by atoms with Crippen LogP contribution in [0.3, 0.4) is 0 Å². The Hall–Kier alpha value is -1.55. The zero-order chi connectivity index (χ0) is 10.3. The topological polar surface area (TPSA) is 24.9 Å². The highest BCUT2D eigenvalue weighted by Gasteiger charge is 2.18. The van der Waals surface area contributed by atoms with Crippen LogP contribution in [0.5, 0.6) is 0 Å². The number of pyridine rings is 1. The predicted molar refractivity (Wildman–Crippen MR) is 58.0 cm³/mol. The number of halogens is 1. The summed E-state index contributed by atoms with van der Waals surface area (Å²) < 4.78 is 13.5. The van der Waals surface area contributed by atoms with Crippen molar-refractivity contribution < 1.29 is 4.39 Å². The standard InChI is InChI=1S/C11H7FN2S/c12-7-3-1-4-8-10(7)14-11-9(15-8)5-2-6-13-11/h1-6H,(H,13,14). The van der Waals surface area contributed by atoms with Gasteiger partial charge in [-0.1, -0.05) is 17.8 Å². The first-order chi connectivity index (χ1) is 7.34. The van der Waals surface area contributed by atoms with E-state index in [4.69, 9.17) is 0 Å². The third-order valence-electron chi connectivity index (χ3n) is 2.21. The fourth-order valence-electron chi connectivity index (χ4n) is 1.51. The summed E-state index contributed by atoms with van der Waals surface area (Å²) in [6, 6.07) is 8.89. The SMILES string of the molecule is Fc1cccc2c1Nc1ncccc1S2. The van der Waals surface area contributed by atoms with E-state index in [2.05, 4.69) is 10.3 Å². The molecule has 0 unspecified atom stereocenters. The van der Waals surface area contributed by atoms with Crippen molar-refractivity contribution in [3.05, 3.63) is 42.3 Å². The zero-order valence-electron chi connectivity index (χ0n) is 7.70. The molecular formula is C11H7FN2S. The first kappa shape index (κ1) is 8.73. The molecule has 0 atom stereocenters. The van der Waals surface area contributed by atoms with E-state index in [1.807, 2.05) is 18.2 Å². The Morgan fingerprint density at radius 3 is 2.93 bits per heavy atom. The van der Waals surface area contributed by atoms with Crippen molar-refractivity contribution in [3.8, 4) is 0 Å². The van der Waals surface area contributed by atoms with Gasteiger partial charge < -0.3 is 5.32 Å². The predicted octanol–water partition coefficient (Wildman–Crippen LogP) is 3.43. The molecule has 0 spiro atoms. The molecule has 0 amide bonds. The second kappa shape index (κ2) is 3.24. The number of hydrogen-bond donors (Lipinski definition) is 1. The number of para-hydroxylation sites is 1. The molecule has 3 rings (SSSR count).